The SMILES string of the molecule is COc1cccc(C(=O)Nc2ccc(Nc3ccccc3-n3cc(CCCO)nn3)cc2)c1. The Kier molecular flexibility index (Phi) is 6.96. The topological polar surface area (TPSA) is 101 Å². The second kappa shape index (κ2) is 10.4. The summed E-state index contributed by atoms with van der Waals surface area (Å²) in [6, 6.07) is 22.3. The van der Waals surface area contributed by atoms with E-state index in [2.05, 4.69) is 20.9 Å². The number of hydrogen-bond acceptors (Lipinski definition) is 6. The summed E-state index contributed by atoms with van der Waals surface area (Å²) in [6.07, 6.45) is 3.20. The summed E-state index contributed by atoms with van der Waals surface area (Å²) in [7, 11) is 1.57. The molecule has 0 atom stereocenters. The number of amides is 1. The Morgan fingerprint density at radius 3 is 2.61 bits per heavy atom. The fourth-order valence-electron chi connectivity index (χ4n) is 3.33. The summed E-state index contributed by atoms with van der Waals surface area (Å²) < 4.78 is 6.90. The van der Waals surface area contributed by atoms with E-state index in [1.807, 2.05) is 54.7 Å². The van der Waals surface area contributed by atoms with Crippen molar-refractivity contribution >= 4 is 23.0 Å². The minimum atomic E-state index is -0.205. The number of anilines is 3. The monoisotopic (exact) mass is 443 g/mol. The Labute approximate surface area is 191 Å². The Balaban J connectivity index is 1.45. The van der Waals surface area contributed by atoms with Crippen molar-refractivity contribution in [2.75, 3.05) is 24.4 Å². The summed E-state index contributed by atoms with van der Waals surface area (Å²) in [5, 5.41) is 23.7. The molecular weight excluding hydrogens is 418 g/mol. The smallest absolute Gasteiger partial charge is 0.255 e. The number of aromatic nitrogens is 3. The van der Waals surface area contributed by atoms with Crippen LogP contribution >= 0.6 is 0 Å². The molecule has 33 heavy (non-hydrogen) atoms. The molecule has 0 spiro atoms. The molecule has 1 heterocycles. The molecule has 1 aromatic heterocycles. The third kappa shape index (κ3) is 5.55. The van der Waals surface area contributed by atoms with Gasteiger partial charge in [-0.3, -0.25) is 4.79 Å². The van der Waals surface area contributed by atoms with Crippen LogP contribution in [0.4, 0.5) is 17.1 Å². The van der Waals surface area contributed by atoms with Crippen LogP contribution in [0.15, 0.2) is 79.0 Å². The fourth-order valence-corrected chi connectivity index (χ4v) is 3.33. The first-order valence-electron chi connectivity index (χ1n) is 10.6. The Bertz CT molecular complexity index is 1220. The number of hydrogen-bond donors (Lipinski definition) is 3. The number of aliphatic hydroxyl groups excluding tert-OH is 1. The van der Waals surface area contributed by atoms with Gasteiger partial charge in [-0.15, -0.1) is 5.10 Å². The van der Waals surface area contributed by atoms with Crippen LogP contribution in [0.5, 0.6) is 5.75 Å². The van der Waals surface area contributed by atoms with Crippen molar-refractivity contribution in [1.29, 1.82) is 0 Å². The molecule has 0 saturated carbocycles. The molecule has 168 valence electrons. The third-order valence-electron chi connectivity index (χ3n) is 5.04. The number of rotatable bonds is 9. The van der Waals surface area contributed by atoms with Crippen molar-refractivity contribution in [3.8, 4) is 11.4 Å². The largest absolute Gasteiger partial charge is 0.497 e. The number of methoxy groups -OCH3 is 1. The van der Waals surface area contributed by atoms with Gasteiger partial charge in [0.15, 0.2) is 0 Å². The number of ether oxygens (including phenoxy) is 1. The molecule has 4 aromatic rings. The van der Waals surface area contributed by atoms with E-state index >= 15 is 0 Å². The van der Waals surface area contributed by atoms with Crippen molar-refractivity contribution in [2.24, 2.45) is 0 Å². The second-order valence-electron chi connectivity index (χ2n) is 7.39. The van der Waals surface area contributed by atoms with E-state index in [0.29, 0.717) is 29.8 Å². The molecule has 4 rings (SSSR count). The van der Waals surface area contributed by atoms with Crippen molar-refractivity contribution in [1.82, 2.24) is 15.0 Å². The number of carbonyl (C=O) groups excluding carboxylic acids is 1. The molecule has 3 N–H and O–H groups in total. The van der Waals surface area contributed by atoms with Gasteiger partial charge >= 0.3 is 0 Å². The Hall–Kier alpha value is -4.17. The molecule has 0 saturated heterocycles. The number of aliphatic hydroxyl groups is 1. The van der Waals surface area contributed by atoms with Gasteiger partial charge in [0.05, 0.1) is 30.4 Å². The van der Waals surface area contributed by atoms with E-state index in [9.17, 15) is 4.79 Å². The van der Waals surface area contributed by atoms with Gasteiger partial charge in [-0.05, 0) is 67.4 Å². The minimum Gasteiger partial charge on any atom is -0.497 e. The zero-order valence-electron chi connectivity index (χ0n) is 18.2. The Morgan fingerprint density at radius 1 is 1.03 bits per heavy atom. The molecule has 1 amide bonds. The molecule has 0 aliphatic carbocycles. The fraction of sp³-hybridized carbons (Fsp3) is 0.160. The number of nitrogens with zero attached hydrogens (tertiary/aromatic N) is 3. The van der Waals surface area contributed by atoms with E-state index < -0.39 is 0 Å². The molecule has 0 aliphatic rings. The predicted octanol–water partition coefficient (Wildman–Crippen LogP) is 4.20. The summed E-state index contributed by atoms with van der Waals surface area (Å²) in [5.74, 6) is 0.428. The zero-order chi connectivity index (χ0) is 23.0. The van der Waals surface area contributed by atoms with Gasteiger partial charge in [0.25, 0.3) is 5.91 Å². The normalized spacial score (nSPS) is 10.6. The Morgan fingerprint density at radius 2 is 1.82 bits per heavy atom. The number of carbonyl (C=O) groups is 1. The maximum Gasteiger partial charge on any atom is 0.255 e. The molecule has 0 aliphatic heterocycles. The van der Waals surface area contributed by atoms with Crippen LogP contribution in [-0.4, -0.2) is 39.7 Å². The second-order valence-corrected chi connectivity index (χ2v) is 7.39. The zero-order valence-corrected chi connectivity index (χ0v) is 18.2. The number of aryl methyl sites for hydroxylation is 1. The molecule has 0 bridgehead atoms. The lowest BCUT2D eigenvalue weighted by Gasteiger charge is -2.12. The summed E-state index contributed by atoms with van der Waals surface area (Å²) in [6.45, 7) is 0.126. The van der Waals surface area contributed by atoms with Gasteiger partial charge in [-0.25, -0.2) is 4.68 Å². The highest BCUT2D eigenvalue weighted by atomic mass is 16.5. The predicted molar refractivity (Wildman–Crippen MR) is 127 cm³/mol. The van der Waals surface area contributed by atoms with E-state index in [1.165, 1.54) is 0 Å². The quantitative estimate of drug-likeness (QED) is 0.358. The van der Waals surface area contributed by atoms with Crippen molar-refractivity contribution in [2.45, 2.75) is 12.8 Å². The first-order valence-corrected chi connectivity index (χ1v) is 10.6. The maximum atomic E-state index is 12.5. The number of nitrogens with one attached hydrogen (secondary N) is 2. The molecule has 0 unspecified atom stereocenters. The standard InChI is InChI=1S/C25H25N5O3/c1-33-22-8-4-6-18(16-22)25(32)27-20-13-11-19(12-14-20)26-23-9-2-3-10-24(23)30-17-21(28-29-30)7-5-15-31/h2-4,6,8-14,16-17,26,31H,5,7,15H2,1H3,(H,27,32). The third-order valence-corrected chi connectivity index (χ3v) is 5.04. The molecule has 0 radical (unpaired) electrons. The molecule has 0 fully saturated rings. The highest BCUT2D eigenvalue weighted by molar-refractivity contribution is 6.04. The molecule has 8 heteroatoms. The van der Waals surface area contributed by atoms with Crippen LogP contribution in [0.25, 0.3) is 5.69 Å². The van der Waals surface area contributed by atoms with Crippen LogP contribution in [0.3, 0.4) is 0 Å². The average Bonchev–Trinajstić information content (AvgIpc) is 3.33. The lowest BCUT2D eigenvalue weighted by Crippen LogP contribution is -2.11. The van der Waals surface area contributed by atoms with Crippen molar-refractivity contribution < 1.29 is 14.6 Å². The first-order chi connectivity index (χ1) is 16.2. The average molecular weight is 444 g/mol. The van der Waals surface area contributed by atoms with Crippen LogP contribution in [0.1, 0.15) is 22.5 Å². The van der Waals surface area contributed by atoms with Crippen LogP contribution < -0.4 is 15.4 Å². The summed E-state index contributed by atoms with van der Waals surface area (Å²) >= 11 is 0. The van der Waals surface area contributed by atoms with Gasteiger partial charge < -0.3 is 20.5 Å². The van der Waals surface area contributed by atoms with E-state index in [0.717, 1.165) is 22.8 Å². The van der Waals surface area contributed by atoms with Crippen molar-refractivity contribution in [3.05, 3.63) is 90.3 Å². The van der Waals surface area contributed by atoms with Gasteiger partial charge in [0, 0.05) is 23.5 Å². The van der Waals surface area contributed by atoms with Crippen LogP contribution in [-0.2, 0) is 6.42 Å². The molecule has 3 aromatic carbocycles. The van der Waals surface area contributed by atoms with E-state index in [1.54, 1.807) is 36.1 Å². The van der Waals surface area contributed by atoms with Crippen molar-refractivity contribution in [3.63, 3.8) is 0 Å². The highest BCUT2D eigenvalue weighted by Gasteiger charge is 2.10. The number of para-hydroxylation sites is 2. The molecule has 8 nitrogen and oxygen atoms in total. The lowest BCUT2D eigenvalue weighted by molar-refractivity contribution is 0.102. The van der Waals surface area contributed by atoms with Crippen LogP contribution in [0, 0.1) is 0 Å². The van der Waals surface area contributed by atoms with Gasteiger partial charge in [-0.2, -0.15) is 0 Å². The first kappa shape index (κ1) is 22.0. The van der Waals surface area contributed by atoms with E-state index in [-0.39, 0.29) is 12.5 Å². The van der Waals surface area contributed by atoms with Crippen LogP contribution in [0.2, 0.25) is 0 Å². The minimum absolute atomic E-state index is 0.126. The van der Waals surface area contributed by atoms with Gasteiger partial charge in [-0.1, -0.05) is 23.4 Å². The summed E-state index contributed by atoms with van der Waals surface area (Å²) in [5.41, 5.74) is 4.63. The van der Waals surface area contributed by atoms with E-state index in [4.69, 9.17) is 9.84 Å². The maximum absolute atomic E-state index is 12.5. The highest BCUT2D eigenvalue weighted by Crippen LogP contribution is 2.25. The summed E-state index contributed by atoms with van der Waals surface area (Å²) in [4.78, 5) is 12.5. The molecular formula is C25H25N5O3. The number of benzene rings is 3. The lowest BCUT2D eigenvalue weighted by atomic mass is 10.2. The van der Waals surface area contributed by atoms with Gasteiger partial charge in [0.2, 0.25) is 0 Å². The van der Waals surface area contributed by atoms with Gasteiger partial charge in [0.1, 0.15) is 5.75 Å².